The van der Waals surface area contributed by atoms with E-state index in [1.54, 1.807) is 0 Å². The smallest absolute Gasteiger partial charge is 0.347 e. The summed E-state index contributed by atoms with van der Waals surface area (Å²) in [6, 6.07) is 0. The highest BCUT2D eigenvalue weighted by atomic mass is 16.7. The minimum Gasteiger partial charge on any atom is -0.456 e. The van der Waals surface area contributed by atoms with Crippen LogP contribution in [0.1, 0.15) is 33.9 Å². The third-order valence-corrected chi connectivity index (χ3v) is 3.63. The SMILES string of the molecule is CC(=O)O[C@H]1[C@H](OC(C)=O)[C@H](C)O[C@@H](n2ncc(=O)[nH]c2=O)[C@H]1OC(C)=O. The van der Waals surface area contributed by atoms with E-state index in [9.17, 15) is 24.0 Å². The Bertz CT molecular complexity index is 845. The summed E-state index contributed by atoms with van der Waals surface area (Å²) in [4.78, 5) is 59.9. The molecule has 0 amide bonds. The van der Waals surface area contributed by atoms with Gasteiger partial charge in [-0.05, 0) is 6.92 Å². The fourth-order valence-corrected chi connectivity index (χ4v) is 2.73. The molecule has 12 heteroatoms. The predicted molar refractivity (Wildman–Crippen MR) is 85.4 cm³/mol. The van der Waals surface area contributed by atoms with Crippen LogP contribution < -0.4 is 11.2 Å². The van der Waals surface area contributed by atoms with E-state index in [0.717, 1.165) is 31.6 Å². The Morgan fingerprint density at radius 1 is 1.00 bits per heavy atom. The summed E-state index contributed by atoms with van der Waals surface area (Å²) in [5.74, 6) is -2.17. The third-order valence-electron chi connectivity index (χ3n) is 3.63. The quantitative estimate of drug-likeness (QED) is 0.485. The largest absolute Gasteiger partial charge is 0.456 e. The molecule has 0 bridgehead atoms. The van der Waals surface area contributed by atoms with Crippen LogP contribution in [0.15, 0.2) is 15.8 Å². The zero-order chi connectivity index (χ0) is 20.3. The van der Waals surface area contributed by atoms with Crippen LogP contribution in [0, 0.1) is 0 Å². The van der Waals surface area contributed by atoms with E-state index < -0.39 is 59.8 Å². The highest BCUT2D eigenvalue weighted by molar-refractivity contribution is 5.68. The lowest BCUT2D eigenvalue weighted by atomic mass is 9.98. The summed E-state index contributed by atoms with van der Waals surface area (Å²) in [5.41, 5.74) is -1.66. The van der Waals surface area contributed by atoms with Gasteiger partial charge in [-0.15, -0.1) is 0 Å². The molecule has 2 rings (SSSR count). The number of rotatable bonds is 4. The van der Waals surface area contributed by atoms with Crippen molar-refractivity contribution >= 4 is 17.9 Å². The Hall–Kier alpha value is -3.02. The number of aromatic amines is 1. The van der Waals surface area contributed by atoms with Crippen LogP contribution in [0.5, 0.6) is 0 Å². The molecule has 1 aromatic heterocycles. The van der Waals surface area contributed by atoms with E-state index in [-0.39, 0.29) is 0 Å². The zero-order valence-electron chi connectivity index (χ0n) is 15.0. The van der Waals surface area contributed by atoms with Gasteiger partial charge < -0.3 is 18.9 Å². The van der Waals surface area contributed by atoms with Gasteiger partial charge in [0.25, 0.3) is 5.56 Å². The number of H-pyrrole nitrogens is 1. The van der Waals surface area contributed by atoms with Gasteiger partial charge in [0.1, 0.15) is 6.20 Å². The number of esters is 3. The maximum atomic E-state index is 12.1. The molecular weight excluding hydrogens is 366 g/mol. The molecule has 1 aliphatic heterocycles. The second-order valence-corrected chi connectivity index (χ2v) is 5.84. The molecule has 0 aromatic carbocycles. The van der Waals surface area contributed by atoms with Crippen molar-refractivity contribution in [3.63, 3.8) is 0 Å². The summed E-state index contributed by atoms with van der Waals surface area (Å²) < 4.78 is 22.0. The number of nitrogens with zero attached hydrogens (tertiary/aromatic N) is 2. The van der Waals surface area contributed by atoms with Gasteiger partial charge in [-0.2, -0.15) is 9.78 Å². The molecule has 0 unspecified atom stereocenters. The number of aromatic nitrogens is 3. The van der Waals surface area contributed by atoms with Gasteiger partial charge in [0, 0.05) is 20.8 Å². The first kappa shape index (κ1) is 20.3. The van der Waals surface area contributed by atoms with Crippen LogP contribution in [0.25, 0.3) is 0 Å². The van der Waals surface area contributed by atoms with E-state index in [4.69, 9.17) is 18.9 Å². The lowest BCUT2D eigenvalue weighted by Gasteiger charge is -2.43. The van der Waals surface area contributed by atoms with Crippen LogP contribution in [0.3, 0.4) is 0 Å². The third kappa shape index (κ3) is 4.78. The van der Waals surface area contributed by atoms with Crippen LogP contribution in [-0.4, -0.2) is 57.1 Å². The van der Waals surface area contributed by atoms with Gasteiger partial charge in [0.2, 0.25) is 0 Å². The molecule has 0 spiro atoms. The number of nitrogens with one attached hydrogen (secondary N) is 1. The van der Waals surface area contributed by atoms with Crippen molar-refractivity contribution in [2.24, 2.45) is 0 Å². The molecule has 1 aliphatic rings. The molecule has 1 aromatic rings. The Balaban J connectivity index is 2.53. The van der Waals surface area contributed by atoms with Crippen molar-refractivity contribution in [1.82, 2.24) is 14.8 Å². The molecule has 0 saturated carbocycles. The standard InChI is InChI=1S/C15H19N3O9/c1-6-11(25-7(2)19)12(26-8(3)20)13(27-9(4)21)14(24-6)18-15(23)17-10(22)5-16-18/h5-6,11-14H,1-4H3,(H,17,22,23)/t6-,11+,12-,13-,14+/m0/s1. The van der Waals surface area contributed by atoms with E-state index >= 15 is 0 Å². The average Bonchev–Trinajstić information content (AvgIpc) is 2.52. The molecule has 12 nitrogen and oxygen atoms in total. The number of hydrogen-bond donors (Lipinski definition) is 1. The van der Waals surface area contributed by atoms with Crippen LogP contribution in [0.2, 0.25) is 0 Å². The summed E-state index contributed by atoms with van der Waals surface area (Å²) in [6.45, 7) is 4.88. The Morgan fingerprint density at radius 2 is 1.52 bits per heavy atom. The monoisotopic (exact) mass is 385 g/mol. The molecule has 1 fully saturated rings. The van der Waals surface area contributed by atoms with Crippen molar-refractivity contribution in [1.29, 1.82) is 0 Å². The van der Waals surface area contributed by atoms with E-state index in [2.05, 4.69) is 5.10 Å². The first-order chi connectivity index (χ1) is 12.6. The molecule has 5 atom stereocenters. The maximum Gasteiger partial charge on any atom is 0.347 e. The van der Waals surface area contributed by atoms with Gasteiger partial charge in [-0.25, -0.2) is 4.79 Å². The van der Waals surface area contributed by atoms with Crippen molar-refractivity contribution in [3.8, 4) is 0 Å². The van der Waals surface area contributed by atoms with Crippen molar-refractivity contribution < 1.29 is 33.3 Å². The Morgan fingerprint density at radius 3 is 2.04 bits per heavy atom. The average molecular weight is 385 g/mol. The first-order valence-corrected chi connectivity index (χ1v) is 7.95. The second-order valence-electron chi connectivity index (χ2n) is 5.84. The van der Waals surface area contributed by atoms with Gasteiger partial charge in [-0.3, -0.25) is 24.2 Å². The first-order valence-electron chi connectivity index (χ1n) is 7.95. The predicted octanol–water partition coefficient (Wildman–Crippen LogP) is -1.36. The number of hydrogen-bond acceptors (Lipinski definition) is 10. The van der Waals surface area contributed by atoms with Crippen molar-refractivity contribution in [3.05, 3.63) is 27.0 Å². The normalized spacial score (nSPS) is 27.5. The summed E-state index contributed by atoms with van der Waals surface area (Å²) in [7, 11) is 0. The summed E-state index contributed by atoms with van der Waals surface area (Å²) in [6.07, 6.45) is -5.13. The second kappa shape index (κ2) is 8.12. The van der Waals surface area contributed by atoms with Crippen molar-refractivity contribution in [2.75, 3.05) is 0 Å². The zero-order valence-corrected chi connectivity index (χ0v) is 15.0. The molecular formula is C15H19N3O9. The fraction of sp³-hybridized carbons (Fsp3) is 0.600. The summed E-state index contributed by atoms with van der Waals surface area (Å²) >= 11 is 0. The lowest BCUT2D eigenvalue weighted by molar-refractivity contribution is -0.262. The fourth-order valence-electron chi connectivity index (χ4n) is 2.73. The van der Waals surface area contributed by atoms with Gasteiger partial charge in [0.05, 0.1) is 6.10 Å². The van der Waals surface area contributed by atoms with Crippen LogP contribution >= 0.6 is 0 Å². The number of carbonyl (C=O) groups excluding carboxylic acids is 3. The van der Waals surface area contributed by atoms with Crippen molar-refractivity contribution in [2.45, 2.75) is 58.3 Å². The minimum absolute atomic E-state index is 0.674. The van der Waals surface area contributed by atoms with E-state index in [1.807, 2.05) is 4.98 Å². The molecule has 1 saturated heterocycles. The molecule has 27 heavy (non-hydrogen) atoms. The molecule has 2 heterocycles. The van der Waals surface area contributed by atoms with Crippen LogP contribution in [-0.2, 0) is 33.3 Å². The van der Waals surface area contributed by atoms with Gasteiger partial charge in [0.15, 0.2) is 24.5 Å². The maximum absolute atomic E-state index is 12.1. The molecule has 0 radical (unpaired) electrons. The van der Waals surface area contributed by atoms with Gasteiger partial charge >= 0.3 is 23.6 Å². The van der Waals surface area contributed by atoms with Gasteiger partial charge in [-0.1, -0.05) is 0 Å². The Kier molecular flexibility index (Phi) is 6.10. The Labute approximate surface area is 152 Å². The molecule has 1 N–H and O–H groups in total. The summed E-state index contributed by atoms with van der Waals surface area (Å²) in [5, 5.41) is 3.69. The topological polar surface area (TPSA) is 156 Å². The minimum atomic E-state index is -1.37. The van der Waals surface area contributed by atoms with Crippen LogP contribution in [0.4, 0.5) is 0 Å². The highest BCUT2D eigenvalue weighted by Gasteiger charge is 2.51. The van der Waals surface area contributed by atoms with E-state index in [0.29, 0.717) is 0 Å². The lowest BCUT2D eigenvalue weighted by Crippen LogP contribution is -2.60. The number of ether oxygens (including phenoxy) is 4. The van der Waals surface area contributed by atoms with E-state index in [1.165, 1.54) is 6.92 Å². The molecule has 148 valence electrons. The molecule has 0 aliphatic carbocycles. The highest BCUT2D eigenvalue weighted by Crippen LogP contribution is 2.33. The number of carbonyl (C=O) groups is 3.